The highest BCUT2D eigenvalue weighted by Gasteiger charge is 2.13. The molecule has 1 aromatic rings. The van der Waals surface area contributed by atoms with Gasteiger partial charge in [0.15, 0.2) is 0 Å². The molecule has 1 N–H and O–H groups in total. The summed E-state index contributed by atoms with van der Waals surface area (Å²) in [7, 11) is 3.04. The van der Waals surface area contributed by atoms with E-state index >= 15 is 0 Å². The topological polar surface area (TPSA) is 38.3 Å². The van der Waals surface area contributed by atoms with Crippen LogP contribution >= 0.6 is 11.6 Å². The van der Waals surface area contributed by atoms with E-state index in [1.807, 2.05) is 0 Å². The Balaban J connectivity index is 3.22. The number of amides is 1. The van der Waals surface area contributed by atoms with E-state index in [4.69, 9.17) is 16.3 Å². The lowest BCUT2D eigenvalue weighted by Crippen LogP contribution is -2.19. The zero-order valence-corrected chi connectivity index (χ0v) is 8.18. The van der Waals surface area contributed by atoms with Gasteiger partial charge >= 0.3 is 0 Å². The van der Waals surface area contributed by atoms with Gasteiger partial charge in [0, 0.05) is 7.05 Å². The second-order valence-electron chi connectivity index (χ2n) is 2.40. The number of halogens is 1. The molecule has 0 aromatic heterocycles. The van der Waals surface area contributed by atoms with Crippen LogP contribution in [0.2, 0.25) is 5.02 Å². The van der Waals surface area contributed by atoms with E-state index < -0.39 is 0 Å². The van der Waals surface area contributed by atoms with Crippen LogP contribution in [-0.2, 0) is 0 Å². The zero-order valence-electron chi connectivity index (χ0n) is 7.43. The molecule has 1 rings (SSSR count). The summed E-state index contributed by atoms with van der Waals surface area (Å²) >= 11 is 5.84. The first-order valence-corrected chi connectivity index (χ1v) is 4.13. The predicted octanol–water partition coefficient (Wildman–Crippen LogP) is 1.71. The number of carbonyl (C=O) groups is 1. The van der Waals surface area contributed by atoms with Crippen molar-refractivity contribution in [1.29, 1.82) is 0 Å². The van der Waals surface area contributed by atoms with Crippen molar-refractivity contribution in [2.75, 3.05) is 14.2 Å². The third-order valence-corrected chi connectivity index (χ3v) is 1.96. The van der Waals surface area contributed by atoms with Gasteiger partial charge in [-0.25, -0.2) is 0 Å². The maximum Gasteiger partial charge on any atom is 0.256 e. The summed E-state index contributed by atoms with van der Waals surface area (Å²) in [6.45, 7) is 0. The molecule has 0 fully saturated rings. The molecular formula is C9H10ClNO2. The second-order valence-corrected chi connectivity index (χ2v) is 2.80. The zero-order chi connectivity index (χ0) is 9.84. The van der Waals surface area contributed by atoms with E-state index in [0.29, 0.717) is 16.3 Å². The van der Waals surface area contributed by atoms with E-state index in [1.54, 1.807) is 25.2 Å². The lowest BCUT2D eigenvalue weighted by Gasteiger charge is -2.07. The van der Waals surface area contributed by atoms with Crippen LogP contribution < -0.4 is 10.1 Å². The fourth-order valence-electron chi connectivity index (χ4n) is 1.02. The van der Waals surface area contributed by atoms with Crippen LogP contribution in [0.15, 0.2) is 18.2 Å². The Kier molecular flexibility index (Phi) is 3.14. The maximum atomic E-state index is 11.3. The SMILES string of the molecule is CNC(=O)c1c(Cl)cccc1OC. The minimum atomic E-state index is -0.248. The number of carbonyl (C=O) groups excluding carboxylic acids is 1. The number of rotatable bonds is 2. The molecule has 70 valence electrons. The highest BCUT2D eigenvalue weighted by Crippen LogP contribution is 2.25. The van der Waals surface area contributed by atoms with Crippen molar-refractivity contribution in [1.82, 2.24) is 5.32 Å². The van der Waals surface area contributed by atoms with Gasteiger partial charge in [-0.2, -0.15) is 0 Å². The van der Waals surface area contributed by atoms with E-state index in [-0.39, 0.29) is 5.91 Å². The molecule has 3 nitrogen and oxygen atoms in total. The number of nitrogens with one attached hydrogen (secondary N) is 1. The van der Waals surface area contributed by atoms with E-state index in [0.717, 1.165) is 0 Å². The fraction of sp³-hybridized carbons (Fsp3) is 0.222. The molecule has 4 heteroatoms. The Morgan fingerprint density at radius 1 is 1.54 bits per heavy atom. The predicted molar refractivity (Wildman–Crippen MR) is 51.4 cm³/mol. The Morgan fingerprint density at radius 3 is 2.77 bits per heavy atom. The van der Waals surface area contributed by atoms with Crippen LogP contribution in [0.1, 0.15) is 10.4 Å². The molecule has 0 heterocycles. The van der Waals surface area contributed by atoms with Gasteiger partial charge in [0.05, 0.1) is 17.7 Å². The van der Waals surface area contributed by atoms with Gasteiger partial charge in [0.2, 0.25) is 0 Å². The second kappa shape index (κ2) is 4.14. The monoisotopic (exact) mass is 199 g/mol. The summed E-state index contributed by atoms with van der Waals surface area (Å²) in [4.78, 5) is 11.3. The molecule has 0 atom stereocenters. The molecule has 0 spiro atoms. The molecule has 0 radical (unpaired) electrons. The van der Waals surface area contributed by atoms with Crippen molar-refractivity contribution in [2.24, 2.45) is 0 Å². The number of hydrogen-bond donors (Lipinski definition) is 1. The highest BCUT2D eigenvalue weighted by molar-refractivity contribution is 6.34. The van der Waals surface area contributed by atoms with Crippen molar-refractivity contribution in [2.45, 2.75) is 0 Å². The number of benzene rings is 1. The van der Waals surface area contributed by atoms with Crippen LogP contribution in [-0.4, -0.2) is 20.1 Å². The summed E-state index contributed by atoms with van der Waals surface area (Å²) in [6, 6.07) is 5.07. The molecule has 13 heavy (non-hydrogen) atoms. The standard InChI is InChI=1S/C9H10ClNO2/c1-11-9(12)8-6(10)4-3-5-7(8)13-2/h3-5H,1-2H3,(H,11,12). The molecule has 0 bridgehead atoms. The van der Waals surface area contributed by atoms with Crippen molar-refractivity contribution in [3.8, 4) is 5.75 Å². The minimum Gasteiger partial charge on any atom is -0.496 e. The summed E-state index contributed by atoms with van der Waals surface area (Å²) in [6.07, 6.45) is 0. The average molecular weight is 200 g/mol. The Labute approximate surface area is 81.7 Å². The van der Waals surface area contributed by atoms with Gasteiger partial charge in [-0.05, 0) is 12.1 Å². The number of hydrogen-bond acceptors (Lipinski definition) is 2. The Bertz CT molecular complexity index is 325. The Morgan fingerprint density at radius 2 is 2.23 bits per heavy atom. The Hall–Kier alpha value is -1.22. The summed E-state index contributed by atoms with van der Waals surface area (Å²) in [5.74, 6) is 0.231. The van der Waals surface area contributed by atoms with Crippen molar-refractivity contribution in [3.05, 3.63) is 28.8 Å². The van der Waals surface area contributed by atoms with Crippen LogP contribution in [0, 0.1) is 0 Å². The lowest BCUT2D eigenvalue weighted by atomic mass is 10.2. The van der Waals surface area contributed by atoms with Gasteiger partial charge in [-0.15, -0.1) is 0 Å². The quantitative estimate of drug-likeness (QED) is 0.788. The van der Waals surface area contributed by atoms with Crippen molar-refractivity contribution >= 4 is 17.5 Å². The highest BCUT2D eigenvalue weighted by atomic mass is 35.5. The fourth-order valence-corrected chi connectivity index (χ4v) is 1.27. The first kappa shape index (κ1) is 9.86. The molecule has 0 unspecified atom stereocenters. The van der Waals surface area contributed by atoms with Gasteiger partial charge in [0.25, 0.3) is 5.91 Å². The summed E-state index contributed by atoms with van der Waals surface area (Å²) in [5, 5.41) is 2.88. The van der Waals surface area contributed by atoms with E-state index in [1.165, 1.54) is 7.11 Å². The third-order valence-electron chi connectivity index (χ3n) is 1.65. The van der Waals surface area contributed by atoms with Crippen LogP contribution in [0.25, 0.3) is 0 Å². The normalized spacial score (nSPS) is 9.46. The number of methoxy groups -OCH3 is 1. The van der Waals surface area contributed by atoms with Gasteiger partial charge in [-0.3, -0.25) is 4.79 Å². The molecule has 0 aliphatic carbocycles. The molecule has 1 aromatic carbocycles. The van der Waals surface area contributed by atoms with Gasteiger partial charge < -0.3 is 10.1 Å². The maximum absolute atomic E-state index is 11.3. The molecular weight excluding hydrogens is 190 g/mol. The smallest absolute Gasteiger partial charge is 0.256 e. The largest absolute Gasteiger partial charge is 0.496 e. The first-order valence-electron chi connectivity index (χ1n) is 3.75. The third kappa shape index (κ3) is 1.92. The van der Waals surface area contributed by atoms with Gasteiger partial charge in [0.1, 0.15) is 5.75 Å². The van der Waals surface area contributed by atoms with E-state index in [9.17, 15) is 4.79 Å². The van der Waals surface area contributed by atoms with Crippen molar-refractivity contribution in [3.63, 3.8) is 0 Å². The first-order chi connectivity index (χ1) is 6.20. The lowest BCUT2D eigenvalue weighted by molar-refractivity contribution is 0.0960. The van der Waals surface area contributed by atoms with E-state index in [2.05, 4.69) is 5.32 Å². The average Bonchev–Trinajstić information content (AvgIpc) is 2.16. The number of ether oxygens (including phenoxy) is 1. The molecule has 0 saturated carbocycles. The molecule has 0 aliphatic rings. The molecule has 1 amide bonds. The van der Waals surface area contributed by atoms with Crippen molar-refractivity contribution < 1.29 is 9.53 Å². The van der Waals surface area contributed by atoms with Crippen LogP contribution in [0.3, 0.4) is 0 Å². The molecule has 0 saturated heterocycles. The van der Waals surface area contributed by atoms with Crippen LogP contribution in [0.4, 0.5) is 0 Å². The summed E-state index contributed by atoms with van der Waals surface area (Å²) < 4.78 is 5.00. The summed E-state index contributed by atoms with van der Waals surface area (Å²) in [5.41, 5.74) is 0.370. The molecule has 0 aliphatic heterocycles. The van der Waals surface area contributed by atoms with Crippen LogP contribution in [0.5, 0.6) is 5.75 Å². The minimum absolute atomic E-state index is 0.248. The van der Waals surface area contributed by atoms with Gasteiger partial charge in [-0.1, -0.05) is 17.7 Å².